The van der Waals surface area contributed by atoms with Crippen molar-refractivity contribution in [3.63, 3.8) is 0 Å². The molecule has 41 heavy (non-hydrogen) atoms. The Morgan fingerprint density at radius 2 is 1.12 bits per heavy atom. The van der Waals surface area contributed by atoms with Crippen molar-refractivity contribution in [1.82, 2.24) is 0 Å². The summed E-state index contributed by atoms with van der Waals surface area (Å²) >= 11 is 0. The van der Waals surface area contributed by atoms with Gasteiger partial charge in [-0.3, -0.25) is 0 Å². The molecule has 1 aromatic carbocycles. The summed E-state index contributed by atoms with van der Waals surface area (Å²) in [6, 6.07) is 3.51. The molecule has 0 fully saturated rings. The van der Waals surface area contributed by atoms with Gasteiger partial charge in [0.15, 0.2) is 0 Å². The van der Waals surface area contributed by atoms with Crippen LogP contribution in [-0.4, -0.2) is 38.1 Å². The fourth-order valence-corrected chi connectivity index (χ4v) is 4.95. The first kappa shape index (κ1) is 40.2. The van der Waals surface area contributed by atoms with E-state index in [0.717, 1.165) is 31.7 Å². The normalized spacial score (nSPS) is 11.6. The van der Waals surface area contributed by atoms with Crippen molar-refractivity contribution < 1.29 is 83.4 Å². The number of hydrogen-bond acceptors (Lipinski definition) is 7. The number of carbonyl (C=O) groups excluding carboxylic acids is 2. The topological polar surface area (TPSA) is 110 Å². The molecule has 7 nitrogen and oxygen atoms in total. The Balaban J connectivity index is 0.0000160. The van der Waals surface area contributed by atoms with Gasteiger partial charge < -0.3 is 14.0 Å². The first-order chi connectivity index (χ1) is 19.3. The summed E-state index contributed by atoms with van der Waals surface area (Å²) < 4.78 is 45.9. The smallest absolute Gasteiger partial charge is 0.744 e. The minimum absolute atomic E-state index is 0. The zero-order valence-electron chi connectivity index (χ0n) is 25.5. The van der Waals surface area contributed by atoms with Crippen LogP contribution in [0.3, 0.4) is 0 Å². The van der Waals surface area contributed by atoms with Crippen molar-refractivity contribution >= 4 is 22.1 Å². The van der Waals surface area contributed by atoms with Crippen LogP contribution in [0.1, 0.15) is 137 Å². The average Bonchev–Trinajstić information content (AvgIpc) is 2.93. The first-order valence-corrected chi connectivity index (χ1v) is 16.5. The minimum Gasteiger partial charge on any atom is -0.744 e. The predicted molar refractivity (Wildman–Crippen MR) is 158 cm³/mol. The minimum atomic E-state index is -5.02. The maximum Gasteiger partial charge on any atom is 1.00 e. The van der Waals surface area contributed by atoms with Gasteiger partial charge in [-0.05, 0) is 50.7 Å². The van der Waals surface area contributed by atoms with Crippen LogP contribution in [0.5, 0.6) is 0 Å². The van der Waals surface area contributed by atoms with Crippen LogP contribution in [-0.2, 0) is 19.6 Å². The van der Waals surface area contributed by atoms with E-state index in [9.17, 15) is 22.6 Å². The molecule has 0 unspecified atom stereocenters. The molecule has 0 radical (unpaired) electrons. The van der Waals surface area contributed by atoms with Gasteiger partial charge in [-0.2, -0.15) is 0 Å². The molecule has 0 saturated heterocycles. The molecule has 0 aliphatic carbocycles. The SMILES string of the molecule is CCCCCCCC/C=C/CCOC(=O)c1cccc(S(=O)(=O)[O-])c1C(=O)OCC/C=C/CCCCCCCC.[K+]. The Hall–Kier alpha value is -0.814. The summed E-state index contributed by atoms with van der Waals surface area (Å²) in [4.78, 5) is 24.7. The summed E-state index contributed by atoms with van der Waals surface area (Å²) in [5.41, 5.74) is -0.867. The summed E-state index contributed by atoms with van der Waals surface area (Å²) in [5.74, 6) is -1.91. The molecular weight excluding hydrogens is 568 g/mol. The van der Waals surface area contributed by atoms with Crippen molar-refractivity contribution in [2.75, 3.05) is 13.2 Å². The number of carbonyl (C=O) groups is 2. The number of rotatable bonds is 23. The largest absolute Gasteiger partial charge is 1.00 e. The molecular formula is C32H49KO7S. The second-order valence-corrected chi connectivity index (χ2v) is 11.4. The summed E-state index contributed by atoms with van der Waals surface area (Å²) in [5, 5.41) is 0. The fraction of sp³-hybridized carbons (Fsp3) is 0.625. The summed E-state index contributed by atoms with van der Waals surface area (Å²) in [6.45, 7) is 4.45. The second kappa shape index (κ2) is 25.7. The van der Waals surface area contributed by atoms with Crippen molar-refractivity contribution in [3.05, 3.63) is 53.6 Å². The van der Waals surface area contributed by atoms with E-state index in [0.29, 0.717) is 12.8 Å². The van der Waals surface area contributed by atoms with E-state index in [4.69, 9.17) is 9.47 Å². The van der Waals surface area contributed by atoms with Crippen molar-refractivity contribution in [3.8, 4) is 0 Å². The quantitative estimate of drug-likeness (QED) is 0.0539. The number of allylic oxidation sites excluding steroid dienone is 2. The third-order valence-electron chi connectivity index (χ3n) is 6.54. The van der Waals surface area contributed by atoms with Crippen LogP contribution in [0.15, 0.2) is 47.4 Å². The van der Waals surface area contributed by atoms with E-state index in [2.05, 4.69) is 19.9 Å². The Bertz CT molecular complexity index is 1020. The van der Waals surface area contributed by atoms with E-state index in [1.807, 2.05) is 18.2 Å². The molecule has 1 aromatic rings. The molecule has 0 saturated carbocycles. The first-order valence-electron chi connectivity index (χ1n) is 15.1. The fourth-order valence-electron chi connectivity index (χ4n) is 4.27. The monoisotopic (exact) mass is 616 g/mol. The van der Waals surface area contributed by atoms with Gasteiger partial charge in [0, 0.05) is 0 Å². The molecule has 226 valence electrons. The Labute approximate surface area is 291 Å². The van der Waals surface area contributed by atoms with Crippen LogP contribution < -0.4 is 51.4 Å². The molecule has 0 aromatic heterocycles. The molecule has 9 heteroatoms. The molecule has 0 amide bonds. The zero-order valence-corrected chi connectivity index (χ0v) is 29.5. The number of unbranched alkanes of at least 4 members (excludes halogenated alkanes) is 12. The molecule has 0 spiro atoms. The Morgan fingerprint density at radius 3 is 1.61 bits per heavy atom. The van der Waals surface area contributed by atoms with Crippen LogP contribution in [0, 0.1) is 0 Å². The number of hydrogen-bond donors (Lipinski definition) is 0. The molecule has 0 bridgehead atoms. The van der Waals surface area contributed by atoms with Crippen LogP contribution >= 0.6 is 0 Å². The van der Waals surface area contributed by atoms with Gasteiger partial charge in [-0.15, -0.1) is 0 Å². The van der Waals surface area contributed by atoms with Crippen molar-refractivity contribution in [2.45, 2.75) is 121 Å². The molecule has 0 aliphatic heterocycles. The molecule has 0 heterocycles. The predicted octanol–water partition coefficient (Wildman–Crippen LogP) is 5.30. The number of benzene rings is 1. The second-order valence-electron chi connectivity index (χ2n) is 10.0. The van der Waals surface area contributed by atoms with Gasteiger partial charge in [-0.1, -0.05) is 108 Å². The summed E-state index contributed by atoms with van der Waals surface area (Å²) in [7, 11) is -5.02. The van der Waals surface area contributed by atoms with Gasteiger partial charge >= 0.3 is 63.3 Å². The maximum atomic E-state index is 12.8. The third kappa shape index (κ3) is 19.2. The van der Waals surface area contributed by atoms with Crippen LogP contribution in [0.25, 0.3) is 0 Å². The van der Waals surface area contributed by atoms with Gasteiger partial charge in [0.05, 0.1) is 29.2 Å². The van der Waals surface area contributed by atoms with Crippen LogP contribution in [0.2, 0.25) is 0 Å². The number of esters is 2. The van der Waals surface area contributed by atoms with Gasteiger partial charge in [0.25, 0.3) is 0 Å². The van der Waals surface area contributed by atoms with Crippen LogP contribution in [0.4, 0.5) is 0 Å². The Kier molecular flexibility index (Phi) is 25.2. The van der Waals surface area contributed by atoms with E-state index >= 15 is 0 Å². The van der Waals surface area contributed by atoms with Crippen molar-refractivity contribution in [1.29, 1.82) is 0 Å². The van der Waals surface area contributed by atoms with E-state index in [1.165, 1.54) is 76.3 Å². The van der Waals surface area contributed by atoms with Gasteiger partial charge in [0.1, 0.15) is 10.1 Å². The third-order valence-corrected chi connectivity index (χ3v) is 7.42. The van der Waals surface area contributed by atoms with E-state index < -0.39 is 32.5 Å². The zero-order chi connectivity index (χ0) is 29.5. The number of ether oxygens (including phenoxy) is 2. The molecule has 0 atom stereocenters. The van der Waals surface area contributed by atoms with E-state index in [-0.39, 0.29) is 70.2 Å². The molecule has 0 N–H and O–H groups in total. The summed E-state index contributed by atoms with van der Waals surface area (Å²) in [6.07, 6.45) is 25.4. The molecule has 0 aliphatic rings. The maximum absolute atomic E-state index is 12.8. The Morgan fingerprint density at radius 1 is 0.683 bits per heavy atom. The standard InChI is InChI=1S/C32H50O7S.K/c1-3-5-7-9-11-13-15-17-19-21-26-38-31(33)28-24-23-25-29(40(35,36)37)30(28)32(34)39-27-22-20-18-16-14-12-10-8-6-4-2;/h17-20,23-25H,3-16,21-22,26-27H2,1-2H3,(H,35,36,37);/q;+1/p-1/b19-17+,20-18+;. The van der Waals surface area contributed by atoms with Gasteiger partial charge in [0.2, 0.25) is 0 Å². The van der Waals surface area contributed by atoms with Gasteiger partial charge in [-0.25, -0.2) is 18.0 Å². The average molecular weight is 617 g/mol. The molecule has 1 rings (SSSR count). The van der Waals surface area contributed by atoms with E-state index in [1.54, 1.807) is 0 Å². The van der Waals surface area contributed by atoms with Crippen molar-refractivity contribution in [2.24, 2.45) is 0 Å².